The molecule has 1 heterocycles. The smallest absolute Gasteiger partial charge is 0.318 e. The van der Waals surface area contributed by atoms with Gasteiger partial charge in [-0.2, -0.15) is 0 Å². The second-order valence-corrected chi connectivity index (χ2v) is 6.76. The van der Waals surface area contributed by atoms with Crippen LogP contribution in [0.1, 0.15) is 21.6 Å². The van der Waals surface area contributed by atoms with Crippen molar-refractivity contribution in [1.29, 1.82) is 0 Å². The van der Waals surface area contributed by atoms with E-state index in [-0.39, 0.29) is 18.1 Å². The normalized spacial score (nSPS) is 10.8. The Balaban J connectivity index is 2.07. The third-order valence-corrected chi connectivity index (χ3v) is 4.96. The van der Waals surface area contributed by atoms with E-state index in [9.17, 15) is 13.6 Å². The molecule has 0 bridgehead atoms. The zero-order valence-electron chi connectivity index (χ0n) is 14.6. The molecule has 0 saturated carbocycles. The molecule has 0 aliphatic rings. The van der Waals surface area contributed by atoms with E-state index in [2.05, 4.69) is 5.32 Å². The molecule has 0 atom stereocenters. The number of rotatable bonds is 7. The molecule has 2 amide bonds. The predicted octanol–water partition coefficient (Wildman–Crippen LogP) is 4.00. The molecule has 0 aliphatic carbocycles. The van der Waals surface area contributed by atoms with Crippen LogP contribution in [0.3, 0.4) is 0 Å². The monoisotopic (exact) mass is 368 g/mol. The molecular weight excluding hydrogens is 346 g/mol. The number of aryl methyl sites for hydroxylation is 2. The number of carbonyl (C=O) groups is 1. The van der Waals surface area contributed by atoms with Crippen molar-refractivity contribution in [2.45, 2.75) is 26.9 Å². The highest BCUT2D eigenvalue weighted by Gasteiger charge is 2.18. The SMILES string of the molecule is COCCN(Cc1sccc1C)C(=O)NCc1c(F)ccc(C)c1F. The number of nitrogens with zero attached hydrogens (tertiary/aromatic N) is 1. The zero-order chi connectivity index (χ0) is 18.4. The largest absolute Gasteiger partial charge is 0.383 e. The Hall–Kier alpha value is -1.99. The summed E-state index contributed by atoms with van der Waals surface area (Å²) in [6.45, 7) is 4.53. The first-order chi connectivity index (χ1) is 11.9. The molecular formula is C18H22F2N2O2S. The Morgan fingerprint density at radius 1 is 1.24 bits per heavy atom. The number of halogens is 2. The van der Waals surface area contributed by atoms with Crippen LogP contribution in [-0.2, 0) is 17.8 Å². The number of hydrogen-bond acceptors (Lipinski definition) is 3. The van der Waals surface area contributed by atoms with E-state index < -0.39 is 11.6 Å². The lowest BCUT2D eigenvalue weighted by Gasteiger charge is -2.23. The number of amides is 2. The molecule has 1 aromatic heterocycles. The van der Waals surface area contributed by atoms with E-state index in [0.717, 1.165) is 10.4 Å². The molecule has 0 radical (unpaired) electrons. The summed E-state index contributed by atoms with van der Waals surface area (Å²) in [5.74, 6) is -1.29. The van der Waals surface area contributed by atoms with Gasteiger partial charge in [-0.25, -0.2) is 13.6 Å². The van der Waals surface area contributed by atoms with E-state index >= 15 is 0 Å². The molecule has 2 rings (SSSR count). The summed E-state index contributed by atoms with van der Waals surface area (Å²) in [5, 5.41) is 4.57. The average molecular weight is 368 g/mol. The van der Waals surface area contributed by atoms with Crippen molar-refractivity contribution < 1.29 is 18.3 Å². The van der Waals surface area contributed by atoms with Crippen LogP contribution < -0.4 is 5.32 Å². The molecule has 0 saturated heterocycles. The highest BCUT2D eigenvalue weighted by atomic mass is 32.1. The molecule has 4 nitrogen and oxygen atoms in total. The minimum Gasteiger partial charge on any atom is -0.383 e. The van der Waals surface area contributed by atoms with Gasteiger partial charge in [-0.3, -0.25) is 0 Å². The minimum absolute atomic E-state index is 0.132. The molecule has 1 aromatic carbocycles. The Morgan fingerprint density at radius 3 is 2.64 bits per heavy atom. The maximum absolute atomic E-state index is 14.1. The highest BCUT2D eigenvalue weighted by Crippen LogP contribution is 2.19. The van der Waals surface area contributed by atoms with Gasteiger partial charge < -0.3 is 15.0 Å². The number of methoxy groups -OCH3 is 1. The van der Waals surface area contributed by atoms with Gasteiger partial charge in [0.05, 0.1) is 19.7 Å². The Bertz CT molecular complexity index is 734. The van der Waals surface area contributed by atoms with Gasteiger partial charge in [0.15, 0.2) is 0 Å². The van der Waals surface area contributed by atoms with Gasteiger partial charge in [-0.1, -0.05) is 6.07 Å². The molecule has 0 fully saturated rings. The Labute approximate surface area is 150 Å². The fourth-order valence-electron chi connectivity index (χ4n) is 2.35. The lowest BCUT2D eigenvalue weighted by molar-refractivity contribution is 0.146. The van der Waals surface area contributed by atoms with E-state index in [4.69, 9.17) is 4.74 Å². The van der Waals surface area contributed by atoms with E-state index in [1.807, 2.05) is 18.4 Å². The van der Waals surface area contributed by atoms with Crippen LogP contribution in [-0.4, -0.2) is 31.2 Å². The van der Waals surface area contributed by atoms with Crippen LogP contribution in [0.25, 0.3) is 0 Å². The van der Waals surface area contributed by atoms with Gasteiger partial charge in [0.1, 0.15) is 11.6 Å². The molecule has 0 unspecified atom stereocenters. The van der Waals surface area contributed by atoms with Crippen molar-refractivity contribution >= 4 is 17.4 Å². The summed E-state index contributed by atoms with van der Waals surface area (Å²) in [5.41, 5.74) is 1.32. The van der Waals surface area contributed by atoms with E-state index in [1.54, 1.807) is 30.3 Å². The van der Waals surface area contributed by atoms with Crippen LogP contribution in [0.4, 0.5) is 13.6 Å². The average Bonchev–Trinajstić information content (AvgIpc) is 2.99. The summed E-state index contributed by atoms with van der Waals surface area (Å²) in [6.07, 6.45) is 0. The van der Waals surface area contributed by atoms with Gasteiger partial charge in [0.25, 0.3) is 0 Å². The maximum Gasteiger partial charge on any atom is 0.318 e. The summed E-state index contributed by atoms with van der Waals surface area (Å²) >= 11 is 1.57. The quantitative estimate of drug-likeness (QED) is 0.803. The van der Waals surface area contributed by atoms with E-state index in [0.29, 0.717) is 25.3 Å². The molecule has 25 heavy (non-hydrogen) atoms. The van der Waals surface area contributed by atoms with Gasteiger partial charge in [0, 0.05) is 24.1 Å². The molecule has 7 heteroatoms. The number of benzene rings is 1. The molecule has 1 N–H and O–H groups in total. The Kier molecular flexibility index (Phi) is 6.90. The zero-order valence-corrected chi connectivity index (χ0v) is 15.4. The number of hydrogen-bond donors (Lipinski definition) is 1. The van der Waals surface area contributed by atoms with Crippen LogP contribution in [0, 0.1) is 25.5 Å². The van der Waals surface area contributed by atoms with Crippen molar-refractivity contribution in [2.24, 2.45) is 0 Å². The first-order valence-corrected chi connectivity index (χ1v) is 8.80. The second-order valence-electron chi connectivity index (χ2n) is 5.76. The Morgan fingerprint density at radius 2 is 2.00 bits per heavy atom. The van der Waals surface area contributed by atoms with Gasteiger partial charge in [0.2, 0.25) is 0 Å². The lowest BCUT2D eigenvalue weighted by Crippen LogP contribution is -2.41. The molecule has 0 spiro atoms. The summed E-state index contributed by atoms with van der Waals surface area (Å²) in [7, 11) is 1.56. The topological polar surface area (TPSA) is 41.6 Å². The van der Waals surface area contributed by atoms with Gasteiger partial charge >= 0.3 is 6.03 Å². The van der Waals surface area contributed by atoms with Gasteiger partial charge in [-0.05, 0) is 42.5 Å². The van der Waals surface area contributed by atoms with Crippen LogP contribution >= 0.6 is 11.3 Å². The number of ether oxygens (including phenoxy) is 1. The molecule has 2 aromatic rings. The maximum atomic E-state index is 14.1. The van der Waals surface area contributed by atoms with Gasteiger partial charge in [-0.15, -0.1) is 11.3 Å². The fourth-order valence-corrected chi connectivity index (χ4v) is 3.27. The van der Waals surface area contributed by atoms with Crippen molar-refractivity contribution in [1.82, 2.24) is 10.2 Å². The first kappa shape index (κ1) is 19.3. The minimum atomic E-state index is -0.666. The first-order valence-electron chi connectivity index (χ1n) is 7.92. The van der Waals surface area contributed by atoms with Crippen LogP contribution in [0.5, 0.6) is 0 Å². The third kappa shape index (κ3) is 4.99. The van der Waals surface area contributed by atoms with Crippen molar-refractivity contribution in [3.05, 3.63) is 56.8 Å². The van der Waals surface area contributed by atoms with Crippen molar-refractivity contribution in [3.63, 3.8) is 0 Å². The number of thiophene rings is 1. The van der Waals surface area contributed by atoms with Crippen LogP contribution in [0.15, 0.2) is 23.6 Å². The van der Waals surface area contributed by atoms with Crippen molar-refractivity contribution in [2.75, 3.05) is 20.3 Å². The number of nitrogens with one attached hydrogen (secondary N) is 1. The third-order valence-electron chi connectivity index (χ3n) is 3.95. The molecule has 136 valence electrons. The van der Waals surface area contributed by atoms with Crippen molar-refractivity contribution in [3.8, 4) is 0 Å². The molecule has 0 aliphatic heterocycles. The standard InChI is InChI=1S/C18H22F2N2O2S/c1-12-6-9-25-16(12)11-22(7-8-24-3)18(23)21-10-14-15(19)5-4-13(2)17(14)20/h4-6,9H,7-8,10-11H2,1-3H3,(H,21,23). The number of carbonyl (C=O) groups excluding carboxylic acids is 1. The highest BCUT2D eigenvalue weighted by molar-refractivity contribution is 7.10. The summed E-state index contributed by atoms with van der Waals surface area (Å²) < 4.78 is 32.9. The number of urea groups is 1. The predicted molar refractivity (Wildman–Crippen MR) is 94.7 cm³/mol. The lowest BCUT2D eigenvalue weighted by atomic mass is 10.1. The fraction of sp³-hybridized carbons (Fsp3) is 0.389. The second kappa shape index (κ2) is 8.92. The summed E-state index contributed by atoms with van der Waals surface area (Å²) in [4.78, 5) is 15.1. The summed E-state index contributed by atoms with van der Waals surface area (Å²) in [6, 6.07) is 4.19. The van der Waals surface area contributed by atoms with Crippen LogP contribution in [0.2, 0.25) is 0 Å². The van der Waals surface area contributed by atoms with E-state index in [1.165, 1.54) is 12.1 Å².